The van der Waals surface area contributed by atoms with Gasteiger partial charge in [-0.1, -0.05) is 18.2 Å². The van der Waals surface area contributed by atoms with Crippen LogP contribution in [0.25, 0.3) is 0 Å². The number of hydrogen-bond acceptors (Lipinski definition) is 4. The van der Waals surface area contributed by atoms with Gasteiger partial charge in [-0.25, -0.2) is 20.2 Å². The fraction of sp³-hybridized carbons (Fsp3) is 0.500. The number of amides is 1. The lowest BCUT2D eigenvalue weighted by Crippen LogP contribution is -2.49. The predicted molar refractivity (Wildman–Crippen MR) is 100 cm³/mol. The van der Waals surface area contributed by atoms with Gasteiger partial charge in [-0.05, 0) is 32.3 Å². The number of nitrogens with zero attached hydrogens (tertiary/aromatic N) is 3. The Labute approximate surface area is 158 Å². The first-order chi connectivity index (χ1) is 13.2. The second kappa shape index (κ2) is 7.78. The molecule has 4 rings (SSSR count). The number of hydrogen-bond donors (Lipinski definition) is 2. The Kier molecular flexibility index (Phi) is 5.22. The summed E-state index contributed by atoms with van der Waals surface area (Å²) < 4.78 is 16.2. The van der Waals surface area contributed by atoms with E-state index in [1.807, 2.05) is 23.4 Å². The Morgan fingerprint density at radius 3 is 3.00 bits per heavy atom. The van der Waals surface area contributed by atoms with Gasteiger partial charge in [0.25, 0.3) is 0 Å². The third-order valence-electron chi connectivity index (χ3n) is 5.67. The number of imidazole rings is 1. The molecule has 144 valence electrons. The first kappa shape index (κ1) is 18.1. The van der Waals surface area contributed by atoms with E-state index in [0.29, 0.717) is 18.5 Å². The van der Waals surface area contributed by atoms with Crippen LogP contribution in [0.1, 0.15) is 49.5 Å². The number of carbonyl (C=O) groups is 1. The van der Waals surface area contributed by atoms with Gasteiger partial charge in [0.2, 0.25) is 5.91 Å². The number of aryl methyl sites for hydroxylation is 1. The summed E-state index contributed by atoms with van der Waals surface area (Å²) in [5, 5.41) is 0. The number of rotatable bonds is 4. The normalized spacial score (nSPS) is 25.7. The molecular formula is C20H26FN5O. The second-order valence-electron chi connectivity index (χ2n) is 7.35. The van der Waals surface area contributed by atoms with Crippen LogP contribution in [0, 0.1) is 5.82 Å². The highest BCUT2D eigenvalue weighted by molar-refractivity contribution is 5.82. The molecule has 2 aliphatic rings. The van der Waals surface area contributed by atoms with Gasteiger partial charge in [0, 0.05) is 43.5 Å². The molecular weight excluding hydrogens is 345 g/mol. The number of benzene rings is 1. The minimum Gasteiger partial charge on any atom is -0.341 e. The molecule has 1 amide bonds. The highest BCUT2D eigenvalue weighted by Crippen LogP contribution is 2.29. The van der Waals surface area contributed by atoms with Gasteiger partial charge < -0.3 is 9.47 Å². The SMILES string of the molecule is CCn1ccnc1C1CCCN(C(=O)C2CC(c3ccccc3F)NN2)C1. The number of carbonyl (C=O) groups excluding carboxylic acids is 1. The van der Waals surface area contributed by atoms with Crippen LogP contribution in [0.5, 0.6) is 0 Å². The molecule has 2 aromatic rings. The summed E-state index contributed by atoms with van der Waals surface area (Å²) in [6.45, 7) is 4.45. The van der Waals surface area contributed by atoms with Crippen LogP contribution in [-0.4, -0.2) is 39.5 Å². The van der Waals surface area contributed by atoms with Gasteiger partial charge in [0.15, 0.2) is 0 Å². The van der Waals surface area contributed by atoms with Gasteiger partial charge >= 0.3 is 0 Å². The van der Waals surface area contributed by atoms with Crippen LogP contribution in [0.15, 0.2) is 36.7 Å². The molecule has 0 aliphatic carbocycles. The van der Waals surface area contributed by atoms with Crippen molar-refractivity contribution >= 4 is 5.91 Å². The lowest BCUT2D eigenvalue weighted by Gasteiger charge is -2.34. The summed E-state index contributed by atoms with van der Waals surface area (Å²) in [6, 6.07) is 6.19. The third kappa shape index (κ3) is 3.61. The van der Waals surface area contributed by atoms with Gasteiger partial charge in [-0.2, -0.15) is 0 Å². The number of halogens is 1. The Balaban J connectivity index is 1.42. The van der Waals surface area contributed by atoms with Crippen LogP contribution >= 0.6 is 0 Å². The summed E-state index contributed by atoms with van der Waals surface area (Å²) >= 11 is 0. The van der Waals surface area contributed by atoms with Crippen molar-refractivity contribution < 1.29 is 9.18 Å². The molecule has 27 heavy (non-hydrogen) atoms. The maximum absolute atomic E-state index is 14.0. The van der Waals surface area contributed by atoms with Crippen molar-refractivity contribution in [2.45, 2.75) is 50.7 Å². The largest absolute Gasteiger partial charge is 0.341 e. The third-order valence-corrected chi connectivity index (χ3v) is 5.67. The van der Waals surface area contributed by atoms with Crippen molar-refractivity contribution in [1.29, 1.82) is 0 Å². The molecule has 1 aromatic heterocycles. The fourth-order valence-electron chi connectivity index (χ4n) is 4.24. The van der Waals surface area contributed by atoms with E-state index in [-0.39, 0.29) is 29.7 Å². The Morgan fingerprint density at radius 2 is 2.19 bits per heavy atom. The highest BCUT2D eigenvalue weighted by Gasteiger charge is 2.36. The van der Waals surface area contributed by atoms with Crippen molar-refractivity contribution in [1.82, 2.24) is 25.3 Å². The van der Waals surface area contributed by atoms with Crippen molar-refractivity contribution in [2.24, 2.45) is 0 Å². The van der Waals surface area contributed by atoms with Crippen LogP contribution in [0.4, 0.5) is 4.39 Å². The van der Waals surface area contributed by atoms with E-state index in [1.165, 1.54) is 6.07 Å². The number of aromatic nitrogens is 2. The van der Waals surface area contributed by atoms with E-state index >= 15 is 0 Å². The van der Waals surface area contributed by atoms with Crippen LogP contribution < -0.4 is 10.9 Å². The highest BCUT2D eigenvalue weighted by atomic mass is 19.1. The lowest BCUT2D eigenvalue weighted by molar-refractivity contribution is -0.134. The quantitative estimate of drug-likeness (QED) is 0.866. The summed E-state index contributed by atoms with van der Waals surface area (Å²) in [6.07, 6.45) is 6.40. The second-order valence-corrected chi connectivity index (χ2v) is 7.35. The van der Waals surface area contributed by atoms with Crippen LogP contribution in [0.3, 0.4) is 0 Å². The molecule has 2 saturated heterocycles. The summed E-state index contributed by atoms with van der Waals surface area (Å²) in [4.78, 5) is 19.5. The minimum atomic E-state index is -0.334. The monoisotopic (exact) mass is 371 g/mol. The lowest BCUT2D eigenvalue weighted by atomic mass is 9.95. The molecule has 3 atom stereocenters. The molecule has 0 bridgehead atoms. The minimum absolute atomic E-state index is 0.0839. The Hall–Kier alpha value is -2.25. The number of likely N-dealkylation sites (tertiary alicyclic amines) is 1. The standard InChI is InChI=1S/C20H26FN5O/c1-2-25-11-9-22-19(25)14-6-5-10-26(13-14)20(27)18-12-17(23-24-18)15-7-3-4-8-16(15)21/h3-4,7-9,11,14,17-18,23-24H,2,5-6,10,12-13H2,1H3. The van der Waals surface area contributed by atoms with Crippen molar-refractivity contribution in [2.75, 3.05) is 13.1 Å². The van der Waals surface area contributed by atoms with Gasteiger partial charge in [0.05, 0.1) is 6.04 Å². The van der Waals surface area contributed by atoms with E-state index in [9.17, 15) is 9.18 Å². The van der Waals surface area contributed by atoms with Crippen LogP contribution in [-0.2, 0) is 11.3 Å². The molecule has 2 N–H and O–H groups in total. The molecule has 3 heterocycles. The maximum Gasteiger partial charge on any atom is 0.241 e. The van der Waals surface area contributed by atoms with E-state index in [4.69, 9.17) is 0 Å². The van der Waals surface area contributed by atoms with E-state index in [1.54, 1.807) is 12.1 Å². The average Bonchev–Trinajstić information content (AvgIpc) is 3.37. The zero-order chi connectivity index (χ0) is 18.8. The average molecular weight is 371 g/mol. The zero-order valence-electron chi connectivity index (χ0n) is 15.6. The number of nitrogens with one attached hydrogen (secondary N) is 2. The zero-order valence-corrected chi connectivity index (χ0v) is 15.6. The molecule has 0 saturated carbocycles. The molecule has 1 aromatic carbocycles. The molecule has 0 spiro atoms. The van der Waals surface area contributed by atoms with Crippen molar-refractivity contribution in [3.05, 3.63) is 53.9 Å². The Bertz CT molecular complexity index is 807. The smallest absolute Gasteiger partial charge is 0.241 e. The first-order valence-corrected chi connectivity index (χ1v) is 9.72. The molecule has 6 nitrogen and oxygen atoms in total. The molecule has 7 heteroatoms. The summed E-state index contributed by atoms with van der Waals surface area (Å²) in [5.74, 6) is 1.18. The van der Waals surface area contributed by atoms with E-state index in [2.05, 4.69) is 27.3 Å². The van der Waals surface area contributed by atoms with E-state index < -0.39 is 0 Å². The first-order valence-electron chi connectivity index (χ1n) is 9.72. The molecule has 2 fully saturated rings. The topological polar surface area (TPSA) is 62.2 Å². The number of piperidine rings is 1. The maximum atomic E-state index is 14.0. The van der Waals surface area contributed by atoms with Crippen molar-refractivity contribution in [3.63, 3.8) is 0 Å². The van der Waals surface area contributed by atoms with Gasteiger partial charge in [0.1, 0.15) is 17.7 Å². The van der Waals surface area contributed by atoms with Gasteiger partial charge in [-0.15, -0.1) is 0 Å². The van der Waals surface area contributed by atoms with Crippen molar-refractivity contribution in [3.8, 4) is 0 Å². The molecule has 2 aliphatic heterocycles. The number of hydrazine groups is 1. The fourth-order valence-corrected chi connectivity index (χ4v) is 4.24. The summed E-state index contributed by atoms with van der Waals surface area (Å²) in [7, 11) is 0. The van der Waals surface area contributed by atoms with Crippen LogP contribution in [0.2, 0.25) is 0 Å². The predicted octanol–water partition coefficient (Wildman–Crippen LogP) is 2.36. The molecule has 3 unspecified atom stereocenters. The molecule has 0 radical (unpaired) electrons. The van der Waals surface area contributed by atoms with Gasteiger partial charge in [-0.3, -0.25) is 4.79 Å². The summed E-state index contributed by atoms with van der Waals surface area (Å²) in [5.41, 5.74) is 6.76. The Morgan fingerprint density at radius 1 is 1.33 bits per heavy atom. The van der Waals surface area contributed by atoms with E-state index in [0.717, 1.165) is 31.8 Å².